The van der Waals surface area contributed by atoms with E-state index in [2.05, 4.69) is 4.57 Å². The summed E-state index contributed by atoms with van der Waals surface area (Å²) in [4.78, 5) is 0.128. The van der Waals surface area contributed by atoms with Crippen molar-refractivity contribution in [2.45, 2.75) is 18.0 Å². The highest BCUT2D eigenvalue weighted by molar-refractivity contribution is 7.89. The van der Waals surface area contributed by atoms with Crippen LogP contribution < -0.4 is 0 Å². The summed E-state index contributed by atoms with van der Waals surface area (Å²) in [6.07, 6.45) is 0. The van der Waals surface area contributed by atoms with E-state index in [4.69, 9.17) is 0 Å². The average Bonchev–Trinajstić information content (AvgIpc) is 2.93. The quantitative estimate of drug-likeness (QED) is 0.725. The standard InChI is InChI=1S/C17H15FN2O2S/c18-14-5-7-16(8-6-14)23(21,22)19-9-10-20-15(12-19)11-13-3-1-2-4-17(13)20/h1-8,11H,9-10,12H2. The Balaban J connectivity index is 1.71. The molecule has 3 aromatic rings. The molecule has 0 saturated heterocycles. The summed E-state index contributed by atoms with van der Waals surface area (Å²) in [5.41, 5.74) is 2.10. The third-order valence-electron chi connectivity index (χ3n) is 4.26. The van der Waals surface area contributed by atoms with Gasteiger partial charge in [0.15, 0.2) is 0 Å². The summed E-state index contributed by atoms with van der Waals surface area (Å²) in [6, 6.07) is 15.0. The average molecular weight is 330 g/mol. The predicted molar refractivity (Wildman–Crippen MR) is 85.9 cm³/mol. The van der Waals surface area contributed by atoms with E-state index in [1.807, 2.05) is 30.3 Å². The number of benzene rings is 2. The molecule has 0 N–H and O–H groups in total. The van der Waals surface area contributed by atoms with Gasteiger partial charge in [0.25, 0.3) is 0 Å². The first-order valence-electron chi connectivity index (χ1n) is 7.38. The molecule has 0 spiro atoms. The van der Waals surface area contributed by atoms with Gasteiger partial charge in [0.1, 0.15) is 5.82 Å². The van der Waals surface area contributed by atoms with E-state index >= 15 is 0 Å². The Bertz CT molecular complexity index is 978. The monoisotopic (exact) mass is 330 g/mol. The number of halogens is 1. The number of hydrogen-bond donors (Lipinski definition) is 0. The maximum Gasteiger partial charge on any atom is 0.243 e. The fraction of sp³-hybridized carbons (Fsp3) is 0.176. The smallest absolute Gasteiger partial charge is 0.243 e. The number of fused-ring (bicyclic) bond motifs is 3. The van der Waals surface area contributed by atoms with Crippen LogP contribution in [-0.2, 0) is 23.1 Å². The van der Waals surface area contributed by atoms with E-state index in [9.17, 15) is 12.8 Å². The van der Waals surface area contributed by atoms with Gasteiger partial charge in [-0.05, 0) is 41.8 Å². The lowest BCUT2D eigenvalue weighted by Crippen LogP contribution is -2.37. The van der Waals surface area contributed by atoms with Crippen LogP contribution in [0.1, 0.15) is 5.69 Å². The summed E-state index contributed by atoms with van der Waals surface area (Å²) in [6.45, 7) is 1.35. The maximum absolute atomic E-state index is 13.0. The molecule has 0 saturated carbocycles. The van der Waals surface area contributed by atoms with Gasteiger partial charge in [-0.3, -0.25) is 0 Å². The second-order valence-electron chi connectivity index (χ2n) is 5.64. The number of hydrogen-bond acceptors (Lipinski definition) is 2. The molecule has 4 nitrogen and oxygen atoms in total. The fourth-order valence-electron chi connectivity index (χ4n) is 3.09. The summed E-state index contributed by atoms with van der Waals surface area (Å²) in [5.74, 6) is -0.442. The van der Waals surface area contributed by atoms with E-state index in [1.165, 1.54) is 28.6 Å². The lowest BCUT2D eigenvalue weighted by molar-refractivity contribution is 0.345. The number of sulfonamides is 1. The molecule has 0 aliphatic carbocycles. The van der Waals surface area contributed by atoms with Crippen molar-refractivity contribution < 1.29 is 12.8 Å². The van der Waals surface area contributed by atoms with Crippen LogP contribution in [0.25, 0.3) is 10.9 Å². The third-order valence-corrected chi connectivity index (χ3v) is 6.12. The van der Waals surface area contributed by atoms with E-state index in [-0.39, 0.29) is 4.90 Å². The number of aromatic nitrogens is 1. The topological polar surface area (TPSA) is 42.3 Å². The summed E-state index contributed by atoms with van der Waals surface area (Å²) in [5, 5.41) is 1.11. The number of nitrogens with zero attached hydrogens (tertiary/aromatic N) is 2. The highest BCUT2D eigenvalue weighted by atomic mass is 32.2. The van der Waals surface area contributed by atoms with Crippen LogP contribution in [-0.4, -0.2) is 23.8 Å². The molecule has 1 aliphatic rings. The Morgan fingerprint density at radius 2 is 1.70 bits per heavy atom. The van der Waals surface area contributed by atoms with Gasteiger partial charge in [0.05, 0.1) is 11.4 Å². The molecule has 4 rings (SSSR count). The van der Waals surface area contributed by atoms with Gasteiger partial charge in [-0.2, -0.15) is 4.31 Å². The zero-order valence-electron chi connectivity index (χ0n) is 12.3. The Morgan fingerprint density at radius 1 is 0.957 bits per heavy atom. The van der Waals surface area contributed by atoms with Crippen LogP contribution >= 0.6 is 0 Å². The molecule has 0 unspecified atom stereocenters. The minimum absolute atomic E-state index is 0.128. The van der Waals surface area contributed by atoms with Crippen LogP contribution in [0.5, 0.6) is 0 Å². The first-order chi connectivity index (χ1) is 11.1. The fourth-order valence-corrected chi connectivity index (χ4v) is 4.50. The van der Waals surface area contributed by atoms with E-state index in [1.54, 1.807) is 0 Å². The first kappa shape index (κ1) is 14.4. The van der Waals surface area contributed by atoms with Crippen molar-refractivity contribution in [2.75, 3.05) is 6.54 Å². The molecule has 1 aliphatic heterocycles. The van der Waals surface area contributed by atoms with Crippen LogP contribution in [0.3, 0.4) is 0 Å². The lowest BCUT2D eigenvalue weighted by Gasteiger charge is -2.28. The maximum atomic E-state index is 13.0. The van der Waals surface area contributed by atoms with E-state index in [0.29, 0.717) is 19.6 Å². The molecule has 0 fully saturated rings. The summed E-state index contributed by atoms with van der Waals surface area (Å²) in [7, 11) is -3.61. The molecule has 0 bridgehead atoms. The van der Waals surface area contributed by atoms with E-state index < -0.39 is 15.8 Å². The Hall–Kier alpha value is -2.18. The molecule has 23 heavy (non-hydrogen) atoms. The Labute approximate surface area is 133 Å². The third kappa shape index (κ3) is 2.34. The molecule has 118 valence electrons. The molecule has 2 heterocycles. The van der Waals surface area contributed by atoms with Gasteiger partial charge < -0.3 is 4.57 Å². The lowest BCUT2D eigenvalue weighted by atomic mass is 10.2. The Kier molecular flexibility index (Phi) is 3.25. The van der Waals surface area contributed by atoms with Gasteiger partial charge in [-0.15, -0.1) is 0 Å². The highest BCUT2D eigenvalue weighted by Crippen LogP contribution is 2.27. The van der Waals surface area contributed by atoms with Crippen molar-refractivity contribution in [3.63, 3.8) is 0 Å². The molecule has 2 aromatic carbocycles. The van der Waals surface area contributed by atoms with Crippen LogP contribution in [0, 0.1) is 5.82 Å². The van der Waals surface area contributed by atoms with Gasteiger partial charge >= 0.3 is 0 Å². The van der Waals surface area contributed by atoms with E-state index in [0.717, 1.165) is 16.6 Å². The Morgan fingerprint density at radius 3 is 2.48 bits per heavy atom. The van der Waals surface area contributed by atoms with Gasteiger partial charge in [-0.25, -0.2) is 12.8 Å². The predicted octanol–water partition coefficient (Wildman–Crippen LogP) is 2.98. The molecule has 0 amide bonds. The van der Waals surface area contributed by atoms with Gasteiger partial charge in [0.2, 0.25) is 10.0 Å². The van der Waals surface area contributed by atoms with Gasteiger partial charge in [-0.1, -0.05) is 18.2 Å². The van der Waals surface area contributed by atoms with Crippen LogP contribution in [0.4, 0.5) is 4.39 Å². The largest absolute Gasteiger partial charge is 0.342 e. The highest BCUT2D eigenvalue weighted by Gasteiger charge is 2.29. The van der Waals surface area contributed by atoms with Crippen molar-refractivity contribution in [1.82, 2.24) is 8.87 Å². The van der Waals surface area contributed by atoms with Crippen LogP contribution in [0.2, 0.25) is 0 Å². The molecule has 1 aromatic heterocycles. The van der Waals surface area contributed by atoms with Crippen molar-refractivity contribution in [3.05, 3.63) is 66.1 Å². The van der Waals surface area contributed by atoms with Crippen molar-refractivity contribution in [2.24, 2.45) is 0 Å². The molecular formula is C17H15FN2O2S. The zero-order valence-corrected chi connectivity index (χ0v) is 13.1. The molecule has 0 atom stereocenters. The van der Waals surface area contributed by atoms with Crippen molar-refractivity contribution >= 4 is 20.9 Å². The SMILES string of the molecule is O=S(=O)(c1ccc(F)cc1)N1CCn2c(cc3ccccc32)C1. The minimum atomic E-state index is -3.61. The van der Waals surface area contributed by atoms with Crippen molar-refractivity contribution in [1.29, 1.82) is 0 Å². The second-order valence-corrected chi connectivity index (χ2v) is 7.58. The zero-order chi connectivity index (χ0) is 16.0. The summed E-state index contributed by atoms with van der Waals surface area (Å²) < 4.78 is 42.1. The number of rotatable bonds is 2. The normalized spacial score (nSPS) is 15.7. The second kappa shape index (κ2) is 5.18. The molecule has 0 radical (unpaired) electrons. The number of para-hydroxylation sites is 1. The molecule has 6 heteroatoms. The van der Waals surface area contributed by atoms with Gasteiger partial charge in [0, 0.05) is 24.3 Å². The first-order valence-corrected chi connectivity index (χ1v) is 8.82. The van der Waals surface area contributed by atoms with Crippen molar-refractivity contribution in [3.8, 4) is 0 Å². The molecular weight excluding hydrogens is 315 g/mol. The summed E-state index contributed by atoms with van der Waals surface area (Å²) >= 11 is 0. The minimum Gasteiger partial charge on any atom is -0.342 e. The van der Waals surface area contributed by atoms with Crippen LogP contribution in [0.15, 0.2) is 59.5 Å².